The Morgan fingerprint density at radius 2 is 1.65 bits per heavy atom. The van der Waals surface area contributed by atoms with Gasteiger partial charge in [0.25, 0.3) is 0 Å². The Morgan fingerprint density at radius 1 is 1.00 bits per heavy atom. The molecule has 0 radical (unpaired) electrons. The molecule has 1 aromatic heterocycles. The van der Waals surface area contributed by atoms with E-state index in [0.717, 1.165) is 16.3 Å². The second-order valence-corrected chi connectivity index (χ2v) is 9.83. The van der Waals surface area contributed by atoms with Gasteiger partial charge in [0, 0.05) is 29.1 Å². The summed E-state index contributed by atoms with van der Waals surface area (Å²) in [6.07, 6.45) is 1.22. The number of amides is 1. The molecule has 0 spiro atoms. The number of fused-ring (bicyclic) bond motifs is 1. The van der Waals surface area contributed by atoms with Crippen LogP contribution in [0.4, 0.5) is 4.79 Å². The lowest BCUT2D eigenvalue weighted by Gasteiger charge is -2.22. The third kappa shape index (κ3) is 6.54. The van der Waals surface area contributed by atoms with E-state index in [1.165, 1.54) is 11.8 Å². The summed E-state index contributed by atoms with van der Waals surface area (Å²) in [6.45, 7) is 5.07. The Bertz CT molecular complexity index is 1170. The van der Waals surface area contributed by atoms with Gasteiger partial charge in [0.1, 0.15) is 17.7 Å². The summed E-state index contributed by atoms with van der Waals surface area (Å²) in [5.74, 6) is -2.22. The largest absolute Gasteiger partial charge is 0.480 e. The minimum atomic E-state index is -1.22. The second kappa shape index (κ2) is 10.6. The lowest BCUT2D eigenvalue weighted by atomic mass is 10.1. The first kappa shape index (κ1) is 25.2. The SMILES string of the molecule is CC(C)(C)OC(=O)N[C@@H](CSc1c2ccccc2cn1[C@@H](Cc1ccccc1)C(=O)O)C(=O)O. The molecule has 0 fully saturated rings. The van der Waals surface area contributed by atoms with Crippen LogP contribution in [0, 0.1) is 0 Å². The molecule has 0 saturated carbocycles. The first-order chi connectivity index (χ1) is 16.0. The van der Waals surface area contributed by atoms with Crippen molar-refractivity contribution in [2.24, 2.45) is 0 Å². The zero-order valence-electron chi connectivity index (χ0n) is 19.2. The average molecular weight is 485 g/mol. The Morgan fingerprint density at radius 3 is 2.26 bits per heavy atom. The number of hydrogen-bond acceptors (Lipinski definition) is 5. The number of aliphatic carboxylic acids is 2. The number of nitrogens with zero attached hydrogens (tertiary/aromatic N) is 1. The molecule has 1 heterocycles. The van der Waals surface area contributed by atoms with Gasteiger partial charge < -0.3 is 24.8 Å². The van der Waals surface area contributed by atoms with E-state index >= 15 is 0 Å². The third-order valence-electron chi connectivity index (χ3n) is 4.97. The van der Waals surface area contributed by atoms with Crippen molar-refractivity contribution in [1.82, 2.24) is 9.88 Å². The normalized spacial score (nSPS) is 13.3. The number of carbonyl (C=O) groups is 3. The number of alkyl carbamates (subject to hydrolysis) is 1. The molecule has 0 aliphatic rings. The van der Waals surface area contributed by atoms with Crippen molar-refractivity contribution >= 4 is 40.6 Å². The summed E-state index contributed by atoms with van der Waals surface area (Å²) < 4.78 is 6.86. The average Bonchev–Trinajstić information content (AvgIpc) is 3.12. The summed E-state index contributed by atoms with van der Waals surface area (Å²) >= 11 is 1.18. The highest BCUT2D eigenvalue weighted by Gasteiger charge is 2.28. The Kier molecular flexibility index (Phi) is 7.88. The smallest absolute Gasteiger partial charge is 0.408 e. The molecular formula is C25H28N2O6S. The van der Waals surface area contributed by atoms with Crippen molar-refractivity contribution in [2.75, 3.05) is 5.75 Å². The quantitative estimate of drug-likeness (QED) is 0.381. The van der Waals surface area contributed by atoms with Crippen LogP contribution in [-0.2, 0) is 20.7 Å². The van der Waals surface area contributed by atoms with Crippen LogP contribution in [0.2, 0.25) is 0 Å². The monoisotopic (exact) mass is 484 g/mol. The van der Waals surface area contributed by atoms with Crippen LogP contribution in [0.3, 0.4) is 0 Å². The van der Waals surface area contributed by atoms with Gasteiger partial charge in [0.2, 0.25) is 0 Å². The molecule has 180 valence electrons. The van der Waals surface area contributed by atoms with Gasteiger partial charge in [-0.1, -0.05) is 54.6 Å². The number of rotatable bonds is 9. The highest BCUT2D eigenvalue weighted by atomic mass is 32.2. The molecule has 1 amide bonds. The summed E-state index contributed by atoms with van der Waals surface area (Å²) in [6, 6.07) is 14.7. The molecule has 0 saturated heterocycles. The standard InChI is InChI=1S/C25H28N2O6S/c1-25(2,3)33-24(32)26-19(22(28)29)15-34-21-18-12-8-7-11-17(18)14-27(21)20(23(30)31)13-16-9-5-4-6-10-16/h4-12,14,19-20H,13,15H2,1-3H3,(H,26,32)(H,28,29)(H,30,31)/t19-,20-/m0/s1. The lowest BCUT2D eigenvalue weighted by molar-refractivity contribution is -0.141. The Balaban J connectivity index is 1.90. The number of hydrogen-bond donors (Lipinski definition) is 3. The second-order valence-electron chi connectivity index (χ2n) is 8.82. The van der Waals surface area contributed by atoms with Crippen LogP contribution in [0.5, 0.6) is 0 Å². The van der Waals surface area contributed by atoms with Crippen molar-refractivity contribution in [3.63, 3.8) is 0 Å². The van der Waals surface area contributed by atoms with Gasteiger partial charge in [-0.2, -0.15) is 0 Å². The van der Waals surface area contributed by atoms with Crippen LogP contribution in [0.25, 0.3) is 10.8 Å². The van der Waals surface area contributed by atoms with Crippen LogP contribution >= 0.6 is 11.8 Å². The molecular weight excluding hydrogens is 456 g/mol. The fraction of sp³-hybridized carbons (Fsp3) is 0.320. The van der Waals surface area contributed by atoms with Gasteiger partial charge in [0.05, 0.1) is 5.03 Å². The van der Waals surface area contributed by atoms with Crippen molar-refractivity contribution in [3.05, 3.63) is 66.4 Å². The number of carboxylic acids is 2. The lowest BCUT2D eigenvalue weighted by Crippen LogP contribution is -2.45. The van der Waals surface area contributed by atoms with Crippen molar-refractivity contribution in [3.8, 4) is 0 Å². The van der Waals surface area contributed by atoms with Gasteiger partial charge >= 0.3 is 18.0 Å². The highest BCUT2D eigenvalue weighted by Crippen LogP contribution is 2.34. The van der Waals surface area contributed by atoms with Gasteiger partial charge in [-0.25, -0.2) is 14.4 Å². The number of ether oxygens (including phenoxy) is 1. The fourth-order valence-electron chi connectivity index (χ4n) is 3.46. The zero-order valence-corrected chi connectivity index (χ0v) is 20.0. The third-order valence-corrected chi connectivity index (χ3v) is 6.18. The van der Waals surface area contributed by atoms with Gasteiger partial charge in [-0.3, -0.25) is 0 Å². The highest BCUT2D eigenvalue weighted by molar-refractivity contribution is 7.99. The number of carbonyl (C=O) groups excluding carboxylic acids is 1. The maximum atomic E-state index is 12.3. The maximum Gasteiger partial charge on any atom is 0.408 e. The Labute approximate surface area is 201 Å². The van der Waals surface area contributed by atoms with Gasteiger partial charge in [-0.15, -0.1) is 11.8 Å². The van der Waals surface area contributed by atoms with E-state index in [0.29, 0.717) is 5.03 Å². The predicted octanol–water partition coefficient (Wildman–Crippen LogP) is 4.58. The molecule has 3 N–H and O–H groups in total. The van der Waals surface area contributed by atoms with Crippen LogP contribution in [0.1, 0.15) is 32.4 Å². The summed E-state index contributed by atoms with van der Waals surface area (Å²) in [4.78, 5) is 36.2. The minimum absolute atomic E-state index is 0.0136. The molecule has 0 unspecified atom stereocenters. The molecule has 3 aromatic rings. The van der Waals surface area contributed by atoms with Crippen LogP contribution < -0.4 is 5.32 Å². The molecule has 2 atom stereocenters. The summed E-state index contributed by atoms with van der Waals surface area (Å²) in [5, 5.41) is 24.3. The number of nitrogens with one attached hydrogen (secondary N) is 1. The van der Waals surface area contributed by atoms with E-state index in [-0.39, 0.29) is 12.2 Å². The molecule has 0 bridgehead atoms. The molecule has 8 nitrogen and oxygen atoms in total. The number of benzene rings is 2. The fourth-order valence-corrected chi connectivity index (χ4v) is 4.69. The van der Waals surface area contributed by atoms with E-state index < -0.39 is 35.7 Å². The minimum Gasteiger partial charge on any atom is -0.480 e. The Hall–Kier alpha value is -3.46. The van der Waals surface area contributed by atoms with Crippen molar-refractivity contribution in [1.29, 1.82) is 0 Å². The zero-order chi connectivity index (χ0) is 24.9. The molecule has 3 rings (SSSR count). The molecule has 34 heavy (non-hydrogen) atoms. The van der Waals surface area contributed by atoms with Crippen LogP contribution in [0.15, 0.2) is 65.8 Å². The first-order valence-corrected chi connectivity index (χ1v) is 11.7. The van der Waals surface area contributed by atoms with Gasteiger partial charge in [-0.05, 0) is 26.3 Å². The maximum absolute atomic E-state index is 12.3. The van der Waals surface area contributed by atoms with Crippen LogP contribution in [-0.4, -0.2) is 50.2 Å². The summed E-state index contributed by atoms with van der Waals surface area (Å²) in [7, 11) is 0. The van der Waals surface area contributed by atoms with E-state index in [2.05, 4.69) is 5.32 Å². The molecule has 0 aliphatic carbocycles. The number of carboxylic acid groups (broad SMARTS) is 2. The predicted molar refractivity (Wildman–Crippen MR) is 130 cm³/mol. The van der Waals surface area contributed by atoms with Crippen molar-refractivity contribution < 1.29 is 29.3 Å². The van der Waals surface area contributed by atoms with E-state index in [1.54, 1.807) is 31.5 Å². The molecule has 2 aromatic carbocycles. The van der Waals surface area contributed by atoms with E-state index in [9.17, 15) is 24.6 Å². The van der Waals surface area contributed by atoms with E-state index in [4.69, 9.17) is 4.74 Å². The molecule has 9 heteroatoms. The summed E-state index contributed by atoms with van der Waals surface area (Å²) in [5.41, 5.74) is 0.107. The van der Waals surface area contributed by atoms with Gasteiger partial charge in [0.15, 0.2) is 0 Å². The number of thioether (sulfide) groups is 1. The number of aromatic nitrogens is 1. The topological polar surface area (TPSA) is 118 Å². The first-order valence-electron chi connectivity index (χ1n) is 10.8. The molecule has 0 aliphatic heterocycles. The van der Waals surface area contributed by atoms with E-state index in [1.807, 2.05) is 54.6 Å². The van der Waals surface area contributed by atoms with Crippen molar-refractivity contribution in [2.45, 2.75) is 49.9 Å².